The van der Waals surface area contributed by atoms with Crippen LogP contribution in [0.2, 0.25) is 0 Å². The number of amides is 1. The van der Waals surface area contributed by atoms with Gasteiger partial charge in [0.05, 0.1) is 26.1 Å². The highest BCUT2D eigenvalue weighted by atomic mass is 16.5. The first-order valence-electron chi connectivity index (χ1n) is 8.36. The SMILES string of the molecule is COc1ccc(C2CC(=O)Nc3c2cnn3-c2ccccc2)cc1OC. The van der Waals surface area contributed by atoms with E-state index in [1.54, 1.807) is 18.9 Å². The number of aromatic nitrogens is 2. The normalized spacial score (nSPS) is 15.9. The number of carbonyl (C=O) groups excluding carboxylic acids is 1. The van der Waals surface area contributed by atoms with Gasteiger partial charge in [0.25, 0.3) is 0 Å². The number of nitrogens with zero attached hydrogens (tertiary/aromatic N) is 2. The lowest BCUT2D eigenvalue weighted by atomic mass is 9.87. The molecule has 0 radical (unpaired) electrons. The van der Waals surface area contributed by atoms with E-state index in [-0.39, 0.29) is 11.8 Å². The maximum Gasteiger partial charge on any atom is 0.226 e. The highest BCUT2D eigenvalue weighted by molar-refractivity contribution is 5.94. The van der Waals surface area contributed by atoms with Crippen LogP contribution in [-0.4, -0.2) is 29.9 Å². The number of hydrogen-bond acceptors (Lipinski definition) is 4. The second kappa shape index (κ2) is 6.55. The molecule has 1 aliphatic heterocycles. The van der Waals surface area contributed by atoms with Crippen LogP contribution in [0.1, 0.15) is 23.5 Å². The van der Waals surface area contributed by atoms with Gasteiger partial charge in [0.1, 0.15) is 5.82 Å². The molecule has 1 N–H and O–H groups in total. The molecule has 1 atom stereocenters. The third-order valence-corrected chi connectivity index (χ3v) is 4.63. The fourth-order valence-electron chi connectivity index (χ4n) is 3.35. The first kappa shape index (κ1) is 16.2. The lowest BCUT2D eigenvalue weighted by molar-refractivity contribution is -0.116. The van der Waals surface area contributed by atoms with Crippen molar-refractivity contribution in [2.24, 2.45) is 0 Å². The van der Waals surface area contributed by atoms with Gasteiger partial charge in [-0.05, 0) is 29.8 Å². The Morgan fingerprint density at radius 3 is 2.58 bits per heavy atom. The van der Waals surface area contributed by atoms with Crippen molar-refractivity contribution in [3.8, 4) is 17.2 Å². The van der Waals surface area contributed by atoms with Crippen molar-refractivity contribution in [2.75, 3.05) is 19.5 Å². The summed E-state index contributed by atoms with van der Waals surface area (Å²) in [5.74, 6) is 1.91. The zero-order chi connectivity index (χ0) is 18.1. The number of anilines is 1. The van der Waals surface area contributed by atoms with Gasteiger partial charge in [0.15, 0.2) is 11.5 Å². The van der Waals surface area contributed by atoms with Crippen LogP contribution in [-0.2, 0) is 4.79 Å². The lowest BCUT2D eigenvalue weighted by Gasteiger charge is -2.24. The Morgan fingerprint density at radius 2 is 1.85 bits per heavy atom. The second-order valence-electron chi connectivity index (χ2n) is 6.12. The summed E-state index contributed by atoms with van der Waals surface area (Å²) in [7, 11) is 3.21. The summed E-state index contributed by atoms with van der Waals surface area (Å²) < 4.78 is 12.5. The molecule has 0 spiro atoms. The predicted octanol–water partition coefficient (Wildman–Crippen LogP) is 3.36. The Bertz CT molecular complexity index is 950. The fraction of sp³-hybridized carbons (Fsp3) is 0.200. The molecule has 0 saturated heterocycles. The van der Waals surface area contributed by atoms with Crippen molar-refractivity contribution in [1.82, 2.24) is 9.78 Å². The van der Waals surface area contributed by atoms with E-state index >= 15 is 0 Å². The summed E-state index contributed by atoms with van der Waals surface area (Å²) in [6, 6.07) is 15.5. The van der Waals surface area contributed by atoms with Crippen LogP contribution in [0.4, 0.5) is 5.82 Å². The molecule has 0 fully saturated rings. The monoisotopic (exact) mass is 349 g/mol. The molecule has 6 nitrogen and oxygen atoms in total. The van der Waals surface area contributed by atoms with E-state index in [1.165, 1.54) is 0 Å². The van der Waals surface area contributed by atoms with Gasteiger partial charge in [-0.15, -0.1) is 0 Å². The minimum Gasteiger partial charge on any atom is -0.493 e. The van der Waals surface area contributed by atoms with E-state index < -0.39 is 0 Å². The molecule has 4 rings (SSSR count). The number of ether oxygens (including phenoxy) is 2. The average Bonchev–Trinajstić information content (AvgIpc) is 3.11. The number of carbonyl (C=O) groups is 1. The topological polar surface area (TPSA) is 65.4 Å². The molecule has 3 aromatic rings. The molecular formula is C20H19N3O3. The van der Waals surface area contributed by atoms with Crippen LogP contribution < -0.4 is 14.8 Å². The Kier molecular flexibility index (Phi) is 4.08. The van der Waals surface area contributed by atoms with Crippen LogP contribution in [0.25, 0.3) is 5.69 Å². The maximum atomic E-state index is 12.4. The molecule has 0 saturated carbocycles. The van der Waals surface area contributed by atoms with Crippen LogP contribution >= 0.6 is 0 Å². The Hall–Kier alpha value is -3.28. The average molecular weight is 349 g/mol. The third-order valence-electron chi connectivity index (χ3n) is 4.63. The van der Waals surface area contributed by atoms with Crippen molar-refractivity contribution in [1.29, 1.82) is 0 Å². The first-order chi connectivity index (χ1) is 12.7. The molecule has 132 valence electrons. The molecule has 1 unspecified atom stereocenters. The lowest BCUT2D eigenvalue weighted by Crippen LogP contribution is -2.24. The molecule has 0 bridgehead atoms. The van der Waals surface area contributed by atoms with Crippen molar-refractivity contribution >= 4 is 11.7 Å². The zero-order valence-electron chi connectivity index (χ0n) is 14.6. The van der Waals surface area contributed by atoms with Gasteiger partial charge in [-0.3, -0.25) is 4.79 Å². The molecule has 1 aromatic heterocycles. The molecule has 26 heavy (non-hydrogen) atoms. The Labute approximate surface area is 151 Å². The highest BCUT2D eigenvalue weighted by Gasteiger charge is 2.30. The van der Waals surface area contributed by atoms with E-state index in [0.717, 1.165) is 16.8 Å². The van der Waals surface area contributed by atoms with Crippen molar-refractivity contribution in [2.45, 2.75) is 12.3 Å². The van der Waals surface area contributed by atoms with E-state index in [9.17, 15) is 4.79 Å². The van der Waals surface area contributed by atoms with Gasteiger partial charge in [0, 0.05) is 17.9 Å². The first-order valence-corrected chi connectivity index (χ1v) is 8.36. The van der Waals surface area contributed by atoms with Gasteiger partial charge >= 0.3 is 0 Å². The van der Waals surface area contributed by atoms with Crippen molar-refractivity contribution < 1.29 is 14.3 Å². The van der Waals surface area contributed by atoms with Gasteiger partial charge < -0.3 is 14.8 Å². The maximum absolute atomic E-state index is 12.4. The van der Waals surface area contributed by atoms with E-state index in [4.69, 9.17) is 9.47 Å². The molecule has 6 heteroatoms. The van der Waals surface area contributed by atoms with Crippen molar-refractivity contribution in [3.63, 3.8) is 0 Å². The van der Waals surface area contributed by atoms with E-state index in [1.807, 2.05) is 54.7 Å². The molecule has 2 aromatic carbocycles. The summed E-state index contributed by atoms with van der Waals surface area (Å²) in [5.41, 5.74) is 2.88. The van der Waals surface area contributed by atoms with Gasteiger partial charge in [0.2, 0.25) is 5.91 Å². The summed E-state index contributed by atoms with van der Waals surface area (Å²) in [4.78, 5) is 12.4. The minimum atomic E-state index is -0.0870. The number of hydrogen-bond donors (Lipinski definition) is 1. The Balaban J connectivity index is 1.79. The summed E-state index contributed by atoms with van der Waals surface area (Å²) in [5, 5.41) is 7.46. The summed E-state index contributed by atoms with van der Waals surface area (Å²) >= 11 is 0. The largest absolute Gasteiger partial charge is 0.493 e. The van der Waals surface area contributed by atoms with Gasteiger partial charge in [-0.25, -0.2) is 4.68 Å². The number of methoxy groups -OCH3 is 2. The third kappa shape index (κ3) is 2.69. The number of fused-ring (bicyclic) bond motifs is 1. The standard InChI is InChI=1S/C20H19N3O3/c1-25-17-9-8-13(10-18(17)26-2)15-11-19(24)22-20-16(15)12-21-23(20)14-6-4-3-5-7-14/h3-10,12,15H,11H2,1-2H3,(H,22,24). The molecule has 0 aliphatic carbocycles. The predicted molar refractivity (Wildman–Crippen MR) is 98.2 cm³/mol. The quantitative estimate of drug-likeness (QED) is 0.784. The molecule has 1 amide bonds. The molecular weight excluding hydrogens is 330 g/mol. The number of rotatable bonds is 4. The highest BCUT2D eigenvalue weighted by Crippen LogP contribution is 2.40. The van der Waals surface area contributed by atoms with Gasteiger partial charge in [-0.1, -0.05) is 24.3 Å². The second-order valence-corrected chi connectivity index (χ2v) is 6.12. The Morgan fingerprint density at radius 1 is 1.08 bits per heavy atom. The van der Waals surface area contributed by atoms with Crippen LogP contribution in [0.15, 0.2) is 54.7 Å². The number of benzene rings is 2. The van der Waals surface area contributed by atoms with Crippen LogP contribution in [0.3, 0.4) is 0 Å². The van der Waals surface area contributed by atoms with E-state index in [0.29, 0.717) is 23.7 Å². The molecule has 2 heterocycles. The summed E-state index contributed by atoms with van der Waals surface area (Å²) in [6.07, 6.45) is 2.19. The van der Waals surface area contributed by atoms with Gasteiger partial charge in [-0.2, -0.15) is 5.10 Å². The van der Waals surface area contributed by atoms with Crippen LogP contribution in [0, 0.1) is 0 Å². The molecule has 1 aliphatic rings. The number of para-hydroxylation sites is 1. The minimum absolute atomic E-state index is 0.0324. The van der Waals surface area contributed by atoms with Crippen LogP contribution in [0.5, 0.6) is 11.5 Å². The fourth-order valence-corrected chi connectivity index (χ4v) is 3.35. The number of nitrogens with one attached hydrogen (secondary N) is 1. The van der Waals surface area contributed by atoms with E-state index in [2.05, 4.69) is 10.4 Å². The zero-order valence-corrected chi connectivity index (χ0v) is 14.6. The van der Waals surface area contributed by atoms with Crippen molar-refractivity contribution in [3.05, 3.63) is 65.9 Å². The summed E-state index contributed by atoms with van der Waals surface area (Å²) in [6.45, 7) is 0. The smallest absolute Gasteiger partial charge is 0.226 e.